The summed E-state index contributed by atoms with van der Waals surface area (Å²) in [5.41, 5.74) is 5.71. The third kappa shape index (κ3) is 5.96. The molecule has 0 fully saturated rings. The van der Waals surface area contributed by atoms with Gasteiger partial charge in [0.05, 0.1) is 0 Å². The first-order valence-electron chi connectivity index (χ1n) is 11.6. The van der Waals surface area contributed by atoms with E-state index in [-0.39, 0.29) is 11.3 Å². The van der Waals surface area contributed by atoms with Crippen LogP contribution in [0, 0.1) is 0 Å². The molecule has 168 valence electrons. The Kier molecular flexibility index (Phi) is 7.55. The van der Waals surface area contributed by atoms with Crippen LogP contribution in [0.4, 0.5) is 5.69 Å². The number of benzene rings is 2. The number of hydrogen-bond acceptors (Lipinski definition) is 3. The molecule has 0 spiro atoms. The standard InChI is InChI=1S/C27H39N3O/c1-7-30(18-17-29(5)6)25-10-8-9-20-13-16-23(19-24(20)25)28-26(31)21-11-14-22(15-12-21)27(2,3)4/h11-16,19,25H,7-10,17-18H2,1-6H3,(H,28,31). The zero-order chi connectivity index (χ0) is 22.6. The van der Waals surface area contributed by atoms with Gasteiger partial charge in [0.25, 0.3) is 5.91 Å². The number of carbonyl (C=O) groups is 1. The van der Waals surface area contributed by atoms with Crippen molar-refractivity contribution in [3.8, 4) is 0 Å². The molecule has 0 heterocycles. The third-order valence-corrected chi connectivity index (χ3v) is 6.38. The van der Waals surface area contributed by atoms with Gasteiger partial charge in [0.15, 0.2) is 0 Å². The van der Waals surface area contributed by atoms with Gasteiger partial charge in [-0.25, -0.2) is 0 Å². The van der Waals surface area contributed by atoms with E-state index in [4.69, 9.17) is 0 Å². The van der Waals surface area contributed by atoms with E-state index in [1.165, 1.54) is 29.5 Å². The molecule has 1 amide bonds. The lowest BCUT2D eigenvalue weighted by Crippen LogP contribution is -2.36. The fourth-order valence-electron chi connectivity index (χ4n) is 4.42. The molecule has 1 unspecified atom stereocenters. The third-order valence-electron chi connectivity index (χ3n) is 6.38. The van der Waals surface area contributed by atoms with Crippen LogP contribution in [0.1, 0.15) is 73.6 Å². The van der Waals surface area contributed by atoms with Crippen molar-refractivity contribution in [3.63, 3.8) is 0 Å². The minimum absolute atomic E-state index is 0.0484. The lowest BCUT2D eigenvalue weighted by atomic mass is 9.86. The number of nitrogens with one attached hydrogen (secondary N) is 1. The number of carbonyl (C=O) groups excluding carboxylic acids is 1. The molecular weight excluding hydrogens is 382 g/mol. The highest BCUT2D eigenvalue weighted by molar-refractivity contribution is 6.04. The van der Waals surface area contributed by atoms with Gasteiger partial charge >= 0.3 is 0 Å². The molecule has 4 nitrogen and oxygen atoms in total. The summed E-state index contributed by atoms with van der Waals surface area (Å²) in [5, 5.41) is 3.13. The lowest BCUT2D eigenvalue weighted by Gasteiger charge is -2.36. The van der Waals surface area contributed by atoms with Gasteiger partial charge in [-0.05, 0) is 86.3 Å². The van der Waals surface area contributed by atoms with E-state index in [9.17, 15) is 4.79 Å². The van der Waals surface area contributed by atoms with Gasteiger partial charge < -0.3 is 10.2 Å². The summed E-state index contributed by atoms with van der Waals surface area (Å²) < 4.78 is 0. The maximum Gasteiger partial charge on any atom is 0.255 e. The fraction of sp³-hybridized carbons (Fsp3) is 0.519. The monoisotopic (exact) mass is 421 g/mol. The number of anilines is 1. The Morgan fingerprint density at radius 1 is 1.06 bits per heavy atom. The van der Waals surface area contributed by atoms with E-state index in [0.29, 0.717) is 11.6 Å². The molecule has 0 radical (unpaired) electrons. The molecule has 0 aliphatic heterocycles. The Hall–Kier alpha value is -2.17. The molecule has 3 rings (SSSR count). The highest BCUT2D eigenvalue weighted by Gasteiger charge is 2.25. The Morgan fingerprint density at radius 3 is 2.39 bits per heavy atom. The highest BCUT2D eigenvalue weighted by Crippen LogP contribution is 2.36. The molecule has 2 aromatic rings. The smallest absolute Gasteiger partial charge is 0.255 e. The summed E-state index contributed by atoms with van der Waals surface area (Å²) in [5.74, 6) is -0.0484. The Morgan fingerprint density at radius 2 is 1.77 bits per heavy atom. The number of rotatable bonds is 7. The SMILES string of the molecule is CCN(CCN(C)C)C1CCCc2ccc(NC(=O)c3ccc(C(C)(C)C)cc3)cc21. The topological polar surface area (TPSA) is 35.6 Å². The summed E-state index contributed by atoms with van der Waals surface area (Å²) in [6, 6.07) is 14.9. The predicted octanol–water partition coefficient (Wildman–Crippen LogP) is 5.50. The Bertz CT molecular complexity index is 880. The van der Waals surface area contributed by atoms with Crippen molar-refractivity contribution < 1.29 is 4.79 Å². The normalized spacial score (nSPS) is 16.5. The number of amides is 1. The van der Waals surface area contributed by atoms with Gasteiger partial charge in [-0.3, -0.25) is 9.69 Å². The molecule has 1 N–H and O–H groups in total. The van der Waals surface area contributed by atoms with E-state index >= 15 is 0 Å². The number of aryl methyl sites for hydroxylation is 1. The quantitative estimate of drug-likeness (QED) is 0.641. The summed E-state index contributed by atoms with van der Waals surface area (Å²) in [6.07, 6.45) is 3.53. The maximum atomic E-state index is 12.9. The van der Waals surface area contributed by atoms with Crippen LogP contribution >= 0.6 is 0 Å². The van der Waals surface area contributed by atoms with Crippen molar-refractivity contribution >= 4 is 11.6 Å². The van der Waals surface area contributed by atoms with Crippen LogP contribution in [0.25, 0.3) is 0 Å². The van der Waals surface area contributed by atoms with Crippen LogP contribution in [0.5, 0.6) is 0 Å². The van der Waals surface area contributed by atoms with Gasteiger partial charge in [-0.2, -0.15) is 0 Å². The van der Waals surface area contributed by atoms with Crippen LogP contribution in [0.15, 0.2) is 42.5 Å². The van der Waals surface area contributed by atoms with Crippen LogP contribution in [0.3, 0.4) is 0 Å². The van der Waals surface area contributed by atoms with Crippen molar-refractivity contribution in [3.05, 3.63) is 64.7 Å². The van der Waals surface area contributed by atoms with Gasteiger partial charge in [-0.15, -0.1) is 0 Å². The molecule has 1 aliphatic rings. The van der Waals surface area contributed by atoms with Crippen molar-refractivity contribution in [2.45, 2.75) is 58.4 Å². The van der Waals surface area contributed by atoms with Crippen molar-refractivity contribution in [1.82, 2.24) is 9.80 Å². The molecule has 1 aliphatic carbocycles. The number of likely N-dealkylation sites (N-methyl/N-ethyl adjacent to an activating group) is 2. The number of fused-ring (bicyclic) bond motifs is 1. The zero-order valence-electron chi connectivity index (χ0n) is 20.2. The fourth-order valence-corrected chi connectivity index (χ4v) is 4.42. The molecule has 2 aromatic carbocycles. The van der Waals surface area contributed by atoms with Crippen LogP contribution in [0.2, 0.25) is 0 Å². The molecule has 0 saturated carbocycles. The molecule has 0 saturated heterocycles. The maximum absolute atomic E-state index is 12.9. The molecule has 31 heavy (non-hydrogen) atoms. The molecule has 4 heteroatoms. The largest absolute Gasteiger partial charge is 0.322 e. The van der Waals surface area contributed by atoms with Crippen LogP contribution in [-0.2, 0) is 11.8 Å². The summed E-state index contributed by atoms with van der Waals surface area (Å²) in [6.45, 7) is 12.0. The van der Waals surface area contributed by atoms with E-state index < -0.39 is 0 Å². The molecule has 1 atom stereocenters. The van der Waals surface area contributed by atoms with Gasteiger partial charge in [0.1, 0.15) is 0 Å². The van der Waals surface area contributed by atoms with Crippen molar-refractivity contribution in [2.75, 3.05) is 39.0 Å². The van der Waals surface area contributed by atoms with E-state index in [2.05, 4.69) is 87.2 Å². The van der Waals surface area contributed by atoms with E-state index in [0.717, 1.165) is 31.7 Å². The summed E-state index contributed by atoms with van der Waals surface area (Å²) in [7, 11) is 4.26. The average Bonchev–Trinajstić information content (AvgIpc) is 2.73. The first-order valence-corrected chi connectivity index (χ1v) is 11.6. The molecule has 0 bridgehead atoms. The van der Waals surface area contributed by atoms with Gasteiger partial charge in [0, 0.05) is 30.4 Å². The van der Waals surface area contributed by atoms with Gasteiger partial charge in [0.2, 0.25) is 0 Å². The Labute approximate surface area is 188 Å². The first-order chi connectivity index (χ1) is 14.7. The second kappa shape index (κ2) is 9.97. The second-order valence-corrected chi connectivity index (χ2v) is 10.0. The second-order valence-electron chi connectivity index (χ2n) is 10.0. The minimum atomic E-state index is -0.0484. The van der Waals surface area contributed by atoms with E-state index in [1.807, 2.05) is 12.1 Å². The Balaban J connectivity index is 1.77. The highest BCUT2D eigenvalue weighted by atomic mass is 16.1. The van der Waals surface area contributed by atoms with Gasteiger partial charge in [-0.1, -0.05) is 45.9 Å². The number of hydrogen-bond donors (Lipinski definition) is 1. The summed E-state index contributed by atoms with van der Waals surface area (Å²) in [4.78, 5) is 17.7. The van der Waals surface area contributed by atoms with Crippen molar-refractivity contribution in [2.24, 2.45) is 0 Å². The zero-order valence-corrected chi connectivity index (χ0v) is 20.2. The average molecular weight is 422 g/mol. The van der Waals surface area contributed by atoms with Crippen LogP contribution in [-0.4, -0.2) is 49.4 Å². The van der Waals surface area contributed by atoms with Crippen molar-refractivity contribution in [1.29, 1.82) is 0 Å². The minimum Gasteiger partial charge on any atom is -0.322 e. The predicted molar refractivity (Wildman–Crippen MR) is 131 cm³/mol. The molecule has 0 aromatic heterocycles. The first kappa shape index (κ1) is 23.5. The van der Waals surface area contributed by atoms with Crippen LogP contribution < -0.4 is 5.32 Å². The lowest BCUT2D eigenvalue weighted by molar-refractivity contribution is 0.102. The molecular formula is C27H39N3O. The summed E-state index contributed by atoms with van der Waals surface area (Å²) >= 11 is 0. The van der Waals surface area contributed by atoms with E-state index in [1.54, 1.807) is 0 Å². The number of nitrogens with zero attached hydrogens (tertiary/aromatic N) is 2.